The zero-order valence-corrected chi connectivity index (χ0v) is 12.5. The van der Waals surface area contributed by atoms with Crippen molar-refractivity contribution in [1.29, 1.82) is 0 Å². The largest absolute Gasteiger partial charge is 0.327 e. The number of rotatable bonds is 5. The lowest BCUT2D eigenvalue weighted by Crippen LogP contribution is -2.51. The van der Waals surface area contributed by atoms with Crippen LogP contribution in [0.15, 0.2) is 0 Å². The third kappa shape index (κ3) is 3.96. The summed E-state index contributed by atoms with van der Waals surface area (Å²) in [6.07, 6.45) is 5.20. The van der Waals surface area contributed by atoms with E-state index < -0.39 is 0 Å². The second-order valence-electron chi connectivity index (χ2n) is 6.76. The summed E-state index contributed by atoms with van der Waals surface area (Å²) in [5, 5.41) is 0. The van der Waals surface area contributed by atoms with Gasteiger partial charge in [0.1, 0.15) is 0 Å². The molecule has 0 aromatic heterocycles. The molecular weight excluding hydrogens is 208 g/mol. The summed E-state index contributed by atoms with van der Waals surface area (Å²) in [6, 6.07) is 1.02. The highest BCUT2D eigenvalue weighted by Gasteiger charge is 2.37. The van der Waals surface area contributed by atoms with Gasteiger partial charge in [0.15, 0.2) is 0 Å². The van der Waals surface area contributed by atoms with E-state index in [4.69, 9.17) is 5.73 Å². The van der Waals surface area contributed by atoms with E-state index in [9.17, 15) is 0 Å². The minimum Gasteiger partial charge on any atom is -0.327 e. The maximum absolute atomic E-state index is 6.47. The third-order valence-electron chi connectivity index (χ3n) is 4.52. The van der Waals surface area contributed by atoms with Gasteiger partial charge in [0.25, 0.3) is 0 Å². The Morgan fingerprint density at radius 3 is 2.53 bits per heavy atom. The predicted octanol–water partition coefficient (Wildman–Crippen LogP) is 3.26. The molecule has 102 valence electrons. The lowest BCUT2D eigenvalue weighted by molar-refractivity contribution is 0.0900. The van der Waals surface area contributed by atoms with Gasteiger partial charge in [-0.15, -0.1) is 0 Å². The molecule has 1 rings (SSSR count). The molecule has 0 aromatic rings. The van der Waals surface area contributed by atoms with Gasteiger partial charge in [-0.1, -0.05) is 27.2 Å². The number of nitrogens with zero attached hydrogens (tertiary/aromatic N) is 1. The highest BCUT2D eigenvalue weighted by atomic mass is 15.1. The Labute approximate surface area is 108 Å². The fraction of sp³-hybridized carbons (Fsp3) is 1.00. The van der Waals surface area contributed by atoms with Crippen molar-refractivity contribution in [2.24, 2.45) is 17.1 Å². The summed E-state index contributed by atoms with van der Waals surface area (Å²) in [7, 11) is 0. The highest BCUT2D eigenvalue weighted by molar-refractivity contribution is 4.92. The first-order chi connectivity index (χ1) is 7.88. The number of nitrogens with two attached hydrogens (primary N) is 1. The van der Waals surface area contributed by atoms with E-state index in [0.29, 0.717) is 23.4 Å². The molecule has 2 atom stereocenters. The molecule has 2 N–H and O–H groups in total. The average Bonchev–Trinajstić information content (AvgIpc) is 2.23. The van der Waals surface area contributed by atoms with Crippen LogP contribution < -0.4 is 5.73 Å². The smallest absolute Gasteiger partial charge is 0.0131 e. The van der Waals surface area contributed by atoms with Gasteiger partial charge in [-0.25, -0.2) is 0 Å². The van der Waals surface area contributed by atoms with Crippen molar-refractivity contribution in [2.75, 3.05) is 13.1 Å². The second-order valence-corrected chi connectivity index (χ2v) is 6.76. The topological polar surface area (TPSA) is 29.3 Å². The van der Waals surface area contributed by atoms with E-state index in [1.165, 1.54) is 38.8 Å². The zero-order chi connectivity index (χ0) is 13.1. The molecule has 0 amide bonds. The number of hydrogen-bond donors (Lipinski definition) is 1. The molecule has 0 aromatic carbocycles. The van der Waals surface area contributed by atoms with E-state index in [-0.39, 0.29) is 0 Å². The van der Waals surface area contributed by atoms with Gasteiger partial charge in [0.05, 0.1) is 0 Å². The van der Waals surface area contributed by atoms with Crippen LogP contribution in [0.3, 0.4) is 0 Å². The monoisotopic (exact) mass is 240 g/mol. The van der Waals surface area contributed by atoms with Crippen molar-refractivity contribution < 1.29 is 0 Å². The molecule has 0 aliphatic heterocycles. The summed E-state index contributed by atoms with van der Waals surface area (Å²) in [5.41, 5.74) is 6.81. The average molecular weight is 240 g/mol. The highest BCUT2D eigenvalue weighted by Crippen LogP contribution is 2.38. The van der Waals surface area contributed by atoms with Crippen molar-refractivity contribution in [2.45, 2.75) is 72.4 Å². The van der Waals surface area contributed by atoms with E-state index in [0.717, 1.165) is 0 Å². The third-order valence-corrected chi connectivity index (χ3v) is 4.52. The van der Waals surface area contributed by atoms with Gasteiger partial charge in [0.2, 0.25) is 0 Å². The first kappa shape index (κ1) is 15.0. The first-order valence-corrected chi connectivity index (χ1v) is 7.38. The van der Waals surface area contributed by atoms with Crippen LogP contribution in [0.25, 0.3) is 0 Å². The molecule has 0 saturated heterocycles. The van der Waals surface area contributed by atoms with Crippen molar-refractivity contribution in [3.05, 3.63) is 0 Å². The molecule has 0 spiro atoms. The molecule has 1 fully saturated rings. The van der Waals surface area contributed by atoms with Crippen LogP contribution in [0.5, 0.6) is 0 Å². The van der Waals surface area contributed by atoms with Gasteiger partial charge in [-0.3, -0.25) is 0 Å². The Morgan fingerprint density at radius 2 is 2.00 bits per heavy atom. The van der Waals surface area contributed by atoms with Crippen molar-refractivity contribution in [3.8, 4) is 0 Å². The summed E-state index contributed by atoms with van der Waals surface area (Å²) >= 11 is 0. The van der Waals surface area contributed by atoms with Crippen LogP contribution in [0.2, 0.25) is 0 Å². The molecule has 2 nitrogen and oxygen atoms in total. The lowest BCUT2D eigenvalue weighted by Gasteiger charge is -2.44. The van der Waals surface area contributed by atoms with Gasteiger partial charge in [-0.05, 0) is 51.0 Å². The van der Waals surface area contributed by atoms with Crippen LogP contribution in [0, 0.1) is 11.3 Å². The minimum absolute atomic E-state index is 0.331. The lowest BCUT2D eigenvalue weighted by atomic mass is 9.68. The number of hydrogen-bond acceptors (Lipinski definition) is 2. The standard InChI is InChI=1S/C15H32N2/c1-6-10-17(12(2)3)11-13-8-7-9-15(4,5)14(13)16/h12-14H,6-11,16H2,1-5H3. The molecule has 1 aliphatic rings. The first-order valence-electron chi connectivity index (χ1n) is 7.38. The molecule has 0 bridgehead atoms. The Bertz CT molecular complexity index is 223. The van der Waals surface area contributed by atoms with Crippen LogP contribution in [-0.4, -0.2) is 30.1 Å². The summed E-state index contributed by atoms with van der Waals surface area (Å²) in [4.78, 5) is 2.60. The Hall–Kier alpha value is -0.0800. The second kappa shape index (κ2) is 6.19. The van der Waals surface area contributed by atoms with Crippen LogP contribution in [-0.2, 0) is 0 Å². The zero-order valence-electron chi connectivity index (χ0n) is 12.5. The van der Waals surface area contributed by atoms with Crippen LogP contribution in [0.1, 0.15) is 60.3 Å². The maximum atomic E-state index is 6.47. The van der Waals surface area contributed by atoms with Crippen LogP contribution in [0.4, 0.5) is 0 Å². The molecule has 1 saturated carbocycles. The van der Waals surface area contributed by atoms with Gasteiger partial charge >= 0.3 is 0 Å². The molecule has 0 heterocycles. The molecule has 2 unspecified atom stereocenters. The summed E-state index contributed by atoms with van der Waals surface area (Å²) in [5.74, 6) is 0.688. The maximum Gasteiger partial charge on any atom is 0.0131 e. The molecular formula is C15H32N2. The molecule has 1 aliphatic carbocycles. The van der Waals surface area contributed by atoms with Crippen molar-refractivity contribution in [3.63, 3.8) is 0 Å². The Morgan fingerprint density at radius 1 is 1.35 bits per heavy atom. The van der Waals surface area contributed by atoms with E-state index in [1.807, 2.05) is 0 Å². The molecule has 2 heteroatoms. The van der Waals surface area contributed by atoms with Gasteiger partial charge in [0, 0.05) is 18.6 Å². The quantitative estimate of drug-likeness (QED) is 0.799. The van der Waals surface area contributed by atoms with Crippen LogP contribution >= 0.6 is 0 Å². The fourth-order valence-corrected chi connectivity index (χ4v) is 3.16. The normalized spacial score (nSPS) is 28.9. The van der Waals surface area contributed by atoms with Gasteiger partial charge in [-0.2, -0.15) is 0 Å². The fourth-order valence-electron chi connectivity index (χ4n) is 3.16. The summed E-state index contributed by atoms with van der Waals surface area (Å²) < 4.78 is 0. The van der Waals surface area contributed by atoms with E-state index in [2.05, 4.69) is 39.5 Å². The van der Waals surface area contributed by atoms with E-state index in [1.54, 1.807) is 0 Å². The summed E-state index contributed by atoms with van der Waals surface area (Å²) in [6.45, 7) is 13.9. The Balaban J connectivity index is 2.59. The minimum atomic E-state index is 0.331. The van der Waals surface area contributed by atoms with Gasteiger partial charge < -0.3 is 10.6 Å². The Kier molecular flexibility index (Phi) is 5.46. The van der Waals surface area contributed by atoms with Crippen molar-refractivity contribution >= 4 is 0 Å². The van der Waals surface area contributed by atoms with Crippen molar-refractivity contribution in [1.82, 2.24) is 4.90 Å². The predicted molar refractivity (Wildman–Crippen MR) is 76.1 cm³/mol. The molecule has 0 radical (unpaired) electrons. The van der Waals surface area contributed by atoms with E-state index >= 15 is 0 Å². The SMILES string of the molecule is CCCN(CC1CCCC(C)(C)C1N)C(C)C. The molecule has 17 heavy (non-hydrogen) atoms.